The lowest BCUT2D eigenvalue weighted by Gasteiger charge is -2.11. The van der Waals surface area contributed by atoms with Gasteiger partial charge in [0.2, 0.25) is 0 Å². The summed E-state index contributed by atoms with van der Waals surface area (Å²) in [4.78, 5) is 15.6. The average Bonchev–Trinajstić information content (AvgIpc) is 2.73. The third-order valence-corrected chi connectivity index (χ3v) is 4.15. The van der Waals surface area contributed by atoms with Crippen molar-refractivity contribution in [2.45, 2.75) is 26.3 Å². The molecule has 0 aliphatic carbocycles. The Bertz CT molecular complexity index is 791. The van der Waals surface area contributed by atoms with E-state index in [0.717, 1.165) is 5.82 Å². The van der Waals surface area contributed by atoms with Crippen LogP contribution in [-0.4, -0.2) is 41.1 Å². The summed E-state index contributed by atoms with van der Waals surface area (Å²) in [5.41, 5.74) is 1.50. The van der Waals surface area contributed by atoms with E-state index < -0.39 is 15.8 Å². The molecule has 0 amide bonds. The first-order chi connectivity index (χ1) is 9.69. The number of hydrogen-bond acceptors (Lipinski definition) is 4. The van der Waals surface area contributed by atoms with E-state index in [0.29, 0.717) is 11.0 Å². The van der Waals surface area contributed by atoms with Crippen molar-refractivity contribution in [2.75, 3.05) is 12.0 Å². The number of imidazole rings is 1. The summed E-state index contributed by atoms with van der Waals surface area (Å²) in [5, 5.41) is 9.08. The first kappa shape index (κ1) is 15.5. The highest BCUT2D eigenvalue weighted by molar-refractivity contribution is 7.90. The van der Waals surface area contributed by atoms with E-state index in [4.69, 9.17) is 5.11 Å². The van der Waals surface area contributed by atoms with Crippen molar-refractivity contribution in [3.05, 3.63) is 29.6 Å². The van der Waals surface area contributed by atoms with Gasteiger partial charge in [0.1, 0.15) is 15.7 Å². The van der Waals surface area contributed by atoms with Gasteiger partial charge < -0.3 is 9.67 Å². The molecular weight excluding hydrogens is 292 g/mol. The highest BCUT2D eigenvalue weighted by Gasteiger charge is 2.16. The molecule has 1 aromatic carbocycles. The molecule has 0 bridgehead atoms. The molecule has 2 aromatic rings. The summed E-state index contributed by atoms with van der Waals surface area (Å²) in [6, 6.07) is 4.70. The molecule has 0 spiro atoms. The minimum absolute atomic E-state index is 0.00449. The first-order valence-electron chi connectivity index (χ1n) is 6.60. The number of benzene rings is 1. The maximum Gasteiger partial charge on any atom is 0.335 e. The Labute approximate surface area is 123 Å². The molecule has 2 rings (SSSR count). The standard InChI is InChI=1S/C14H18N2O4S/c1-9(2)13-15-11-5-4-10(14(17)18)8-12(11)16(13)6-7-21(3,19)20/h4-5,8-9H,6-7H2,1-3H3,(H,17,18). The monoisotopic (exact) mass is 310 g/mol. The number of aromatic carboxylic acids is 1. The zero-order valence-corrected chi connectivity index (χ0v) is 13.0. The largest absolute Gasteiger partial charge is 0.478 e. The lowest BCUT2D eigenvalue weighted by atomic mass is 10.2. The molecule has 0 aliphatic rings. The highest BCUT2D eigenvalue weighted by Crippen LogP contribution is 2.23. The number of aryl methyl sites for hydroxylation is 1. The van der Waals surface area contributed by atoms with Crippen LogP contribution in [0.25, 0.3) is 11.0 Å². The second kappa shape index (κ2) is 5.48. The van der Waals surface area contributed by atoms with Gasteiger partial charge in [-0.3, -0.25) is 0 Å². The molecule has 0 fully saturated rings. The summed E-state index contributed by atoms with van der Waals surface area (Å²) < 4.78 is 24.6. The molecule has 114 valence electrons. The lowest BCUT2D eigenvalue weighted by Crippen LogP contribution is -2.14. The summed E-state index contributed by atoms with van der Waals surface area (Å²) in [6.45, 7) is 4.21. The Kier molecular flexibility index (Phi) is 4.04. The van der Waals surface area contributed by atoms with Crippen LogP contribution in [-0.2, 0) is 16.4 Å². The van der Waals surface area contributed by atoms with Crippen molar-refractivity contribution in [3.8, 4) is 0 Å². The summed E-state index contributed by atoms with van der Waals surface area (Å²) in [7, 11) is -3.10. The molecule has 0 radical (unpaired) electrons. The number of carboxylic acids is 1. The molecule has 21 heavy (non-hydrogen) atoms. The van der Waals surface area contributed by atoms with Gasteiger partial charge in [0, 0.05) is 18.7 Å². The van der Waals surface area contributed by atoms with Crippen LogP contribution in [0.5, 0.6) is 0 Å². The number of rotatable bonds is 5. The number of aromatic nitrogens is 2. The number of nitrogens with zero attached hydrogens (tertiary/aromatic N) is 2. The van der Waals surface area contributed by atoms with Gasteiger partial charge in [0.05, 0.1) is 22.3 Å². The molecule has 0 saturated carbocycles. The molecule has 6 nitrogen and oxygen atoms in total. The van der Waals surface area contributed by atoms with Gasteiger partial charge in [0.15, 0.2) is 0 Å². The number of carboxylic acid groups (broad SMARTS) is 1. The van der Waals surface area contributed by atoms with Crippen LogP contribution in [0, 0.1) is 0 Å². The summed E-state index contributed by atoms with van der Waals surface area (Å²) in [5.74, 6) is -0.143. The van der Waals surface area contributed by atoms with Gasteiger partial charge in [-0.05, 0) is 18.2 Å². The van der Waals surface area contributed by atoms with Crippen LogP contribution in [0.1, 0.15) is 35.9 Å². The van der Waals surface area contributed by atoms with E-state index in [-0.39, 0.29) is 23.8 Å². The van der Waals surface area contributed by atoms with Crippen LogP contribution < -0.4 is 0 Å². The van der Waals surface area contributed by atoms with E-state index >= 15 is 0 Å². The Balaban J connectivity index is 2.59. The van der Waals surface area contributed by atoms with E-state index in [2.05, 4.69) is 4.98 Å². The molecule has 0 saturated heterocycles. The van der Waals surface area contributed by atoms with E-state index in [9.17, 15) is 13.2 Å². The van der Waals surface area contributed by atoms with Crippen LogP contribution >= 0.6 is 0 Å². The normalized spacial score (nSPS) is 12.2. The quantitative estimate of drug-likeness (QED) is 0.911. The Morgan fingerprint density at radius 1 is 1.38 bits per heavy atom. The molecule has 7 heteroatoms. The van der Waals surface area contributed by atoms with Crippen molar-refractivity contribution in [1.82, 2.24) is 9.55 Å². The predicted octanol–water partition coefficient (Wildman–Crippen LogP) is 1.90. The number of fused-ring (bicyclic) bond motifs is 1. The fourth-order valence-corrected chi connectivity index (χ4v) is 2.72. The molecule has 1 heterocycles. The fraction of sp³-hybridized carbons (Fsp3) is 0.429. The van der Waals surface area contributed by atoms with Crippen molar-refractivity contribution in [1.29, 1.82) is 0 Å². The van der Waals surface area contributed by atoms with Crippen LogP contribution in [0.4, 0.5) is 0 Å². The van der Waals surface area contributed by atoms with Crippen molar-refractivity contribution in [2.24, 2.45) is 0 Å². The second-order valence-electron chi connectivity index (χ2n) is 5.41. The summed E-state index contributed by atoms with van der Waals surface area (Å²) >= 11 is 0. The van der Waals surface area contributed by atoms with Gasteiger partial charge >= 0.3 is 5.97 Å². The van der Waals surface area contributed by atoms with Crippen LogP contribution in [0.3, 0.4) is 0 Å². The zero-order valence-electron chi connectivity index (χ0n) is 12.2. The van der Waals surface area contributed by atoms with Crippen molar-refractivity contribution < 1.29 is 18.3 Å². The Morgan fingerprint density at radius 2 is 2.05 bits per heavy atom. The first-order valence-corrected chi connectivity index (χ1v) is 8.66. The molecule has 1 aromatic heterocycles. The second-order valence-corrected chi connectivity index (χ2v) is 7.67. The average molecular weight is 310 g/mol. The molecule has 1 N–H and O–H groups in total. The minimum Gasteiger partial charge on any atom is -0.478 e. The van der Waals surface area contributed by atoms with E-state index in [1.807, 2.05) is 13.8 Å². The molecular formula is C14H18N2O4S. The highest BCUT2D eigenvalue weighted by atomic mass is 32.2. The van der Waals surface area contributed by atoms with E-state index in [1.54, 1.807) is 16.7 Å². The van der Waals surface area contributed by atoms with Gasteiger partial charge in [-0.25, -0.2) is 18.2 Å². The fourth-order valence-electron chi connectivity index (χ4n) is 2.21. The molecule has 0 unspecified atom stereocenters. The Hall–Kier alpha value is -1.89. The van der Waals surface area contributed by atoms with Gasteiger partial charge in [-0.2, -0.15) is 0 Å². The van der Waals surface area contributed by atoms with Crippen molar-refractivity contribution >= 4 is 26.8 Å². The topological polar surface area (TPSA) is 89.3 Å². The molecule has 0 atom stereocenters. The lowest BCUT2D eigenvalue weighted by molar-refractivity contribution is 0.0697. The number of sulfone groups is 1. The molecule has 0 aliphatic heterocycles. The Morgan fingerprint density at radius 3 is 2.57 bits per heavy atom. The zero-order chi connectivity index (χ0) is 15.8. The smallest absolute Gasteiger partial charge is 0.335 e. The SMILES string of the molecule is CC(C)c1nc2ccc(C(=O)O)cc2n1CCS(C)(=O)=O. The van der Waals surface area contributed by atoms with Crippen molar-refractivity contribution in [3.63, 3.8) is 0 Å². The van der Waals surface area contributed by atoms with E-state index in [1.165, 1.54) is 12.3 Å². The number of hydrogen-bond donors (Lipinski definition) is 1. The third kappa shape index (κ3) is 3.41. The van der Waals surface area contributed by atoms with Crippen LogP contribution in [0.15, 0.2) is 18.2 Å². The maximum absolute atomic E-state index is 11.4. The maximum atomic E-state index is 11.4. The van der Waals surface area contributed by atoms with Gasteiger partial charge in [-0.15, -0.1) is 0 Å². The summed E-state index contributed by atoms with van der Waals surface area (Å²) in [6.07, 6.45) is 1.18. The minimum atomic E-state index is -3.10. The van der Waals surface area contributed by atoms with Gasteiger partial charge in [0.25, 0.3) is 0 Å². The van der Waals surface area contributed by atoms with Gasteiger partial charge in [-0.1, -0.05) is 13.8 Å². The number of carbonyl (C=O) groups is 1. The third-order valence-electron chi connectivity index (χ3n) is 3.23. The van der Waals surface area contributed by atoms with Crippen LogP contribution in [0.2, 0.25) is 0 Å². The predicted molar refractivity (Wildman–Crippen MR) is 80.5 cm³/mol.